The normalized spacial score (nSPS) is 10.7. The molecule has 2 aromatic heterocycles. The van der Waals surface area contributed by atoms with Gasteiger partial charge in [-0.25, -0.2) is 4.52 Å². The Labute approximate surface area is 121 Å². The molecule has 3 rings (SSSR count). The molecule has 0 bridgehead atoms. The van der Waals surface area contributed by atoms with Gasteiger partial charge in [0.05, 0.1) is 29.9 Å². The number of aryl methyl sites for hydroxylation is 1. The van der Waals surface area contributed by atoms with Crippen LogP contribution in [-0.4, -0.2) is 26.2 Å². The summed E-state index contributed by atoms with van der Waals surface area (Å²) < 4.78 is 1.57. The van der Waals surface area contributed by atoms with Crippen molar-refractivity contribution < 1.29 is 9.59 Å². The lowest BCUT2D eigenvalue weighted by Crippen LogP contribution is -2.08. The van der Waals surface area contributed by atoms with Crippen LogP contribution in [0.25, 0.3) is 5.52 Å². The van der Waals surface area contributed by atoms with E-state index in [4.69, 9.17) is 0 Å². The maximum Gasteiger partial charge on any atom is 0.174 e. The van der Waals surface area contributed by atoms with Crippen LogP contribution in [0, 0.1) is 6.92 Å². The van der Waals surface area contributed by atoms with Gasteiger partial charge in [0.25, 0.3) is 0 Å². The van der Waals surface area contributed by atoms with Crippen molar-refractivity contribution in [3.05, 3.63) is 65.7 Å². The van der Waals surface area contributed by atoms with Crippen molar-refractivity contribution in [2.45, 2.75) is 13.3 Å². The molecule has 0 spiro atoms. The second kappa shape index (κ2) is 5.28. The highest BCUT2D eigenvalue weighted by molar-refractivity contribution is 6.15. The summed E-state index contributed by atoms with van der Waals surface area (Å²) in [4.78, 5) is 28.4. The molecule has 104 valence electrons. The number of carbonyl (C=O) groups excluding carboxylic acids is 2. The van der Waals surface area contributed by atoms with Crippen LogP contribution in [0.4, 0.5) is 0 Å². The molecule has 0 aliphatic heterocycles. The molecule has 0 saturated heterocycles. The molecule has 0 saturated carbocycles. The molecule has 0 fully saturated rings. The van der Waals surface area contributed by atoms with Gasteiger partial charge in [0.1, 0.15) is 0 Å². The lowest BCUT2D eigenvalue weighted by Gasteiger charge is -2.01. The molecule has 0 aliphatic carbocycles. The van der Waals surface area contributed by atoms with Gasteiger partial charge in [-0.2, -0.15) is 5.10 Å². The predicted octanol–water partition coefficient (Wildman–Crippen LogP) is 2.49. The molecular formula is C16H13N3O2. The fourth-order valence-electron chi connectivity index (χ4n) is 2.21. The average molecular weight is 279 g/mol. The van der Waals surface area contributed by atoms with Crippen molar-refractivity contribution in [1.82, 2.24) is 14.6 Å². The van der Waals surface area contributed by atoms with E-state index in [0.29, 0.717) is 16.6 Å². The first kappa shape index (κ1) is 13.2. The lowest BCUT2D eigenvalue weighted by molar-refractivity contribution is 0.0895. The van der Waals surface area contributed by atoms with E-state index >= 15 is 0 Å². The summed E-state index contributed by atoms with van der Waals surface area (Å²) in [5.74, 6) is -0.434. The number of aromatic nitrogens is 3. The third kappa shape index (κ3) is 2.58. The van der Waals surface area contributed by atoms with Crippen LogP contribution in [0.1, 0.15) is 32.7 Å². The summed E-state index contributed by atoms with van der Waals surface area (Å²) in [7, 11) is 0. The number of nitrogens with zero attached hydrogens (tertiary/aromatic N) is 3. The van der Waals surface area contributed by atoms with E-state index in [1.165, 1.54) is 6.20 Å². The summed E-state index contributed by atoms with van der Waals surface area (Å²) in [6.07, 6.45) is 6.13. The lowest BCUT2D eigenvalue weighted by atomic mass is 10.0. The first-order valence-electron chi connectivity index (χ1n) is 6.55. The van der Waals surface area contributed by atoms with Crippen LogP contribution in [0.15, 0.2) is 49.1 Å². The molecule has 1 aromatic carbocycles. The highest BCUT2D eigenvalue weighted by atomic mass is 16.1. The molecule has 3 aromatic rings. The fraction of sp³-hybridized carbons (Fsp3) is 0.125. The third-order valence-corrected chi connectivity index (χ3v) is 3.29. The minimum Gasteiger partial charge on any atom is -0.294 e. The van der Waals surface area contributed by atoms with Crippen molar-refractivity contribution in [3.63, 3.8) is 0 Å². The summed E-state index contributed by atoms with van der Waals surface area (Å²) >= 11 is 0. The Balaban J connectivity index is 1.85. The van der Waals surface area contributed by atoms with Crippen LogP contribution in [0.3, 0.4) is 0 Å². The molecule has 0 unspecified atom stereocenters. The largest absolute Gasteiger partial charge is 0.294 e. The Morgan fingerprint density at radius 3 is 2.86 bits per heavy atom. The van der Waals surface area contributed by atoms with E-state index in [2.05, 4.69) is 10.1 Å². The summed E-state index contributed by atoms with van der Waals surface area (Å²) in [6, 6.07) is 7.23. The topological polar surface area (TPSA) is 64.3 Å². The molecular weight excluding hydrogens is 266 g/mol. The quantitative estimate of drug-likeness (QED) is 0.543. The molecule has 0 atom stereocenters. The van der Waals surface area contributed by atoms with Crippen molar-refractivity contribution in [1.29, 1.82) is 0 Å². The Bertz CT molecular complexity index is 836. The fourth-order valence-corrected chi connectivity index (χ4v) is 2.21. The second-order valence-electron chi connectivity index (χ2n) is 4.86. The summed E-state index contributed by atoms with van der Waals surface area (Å²) in [5, 5.41) is 4.08. The van der Waals surface area contributed by atoms with Crippen molar-refractivity contribution >= 4 is 17.1 Å². The first-order chi connectivity index (χ1) is 10.1. The summed E-state index contributed by atoms with van der Waals surface area (Å²) in [6.45, 7) is 1.91. The zero-order chi connectivity index (χ0) is 14.8. The first-order valence-corrected chi connectivity index (χ1v) is 6.55. The van der Waals surface area contributed by atoms with Gasteiger partial charge in [0.2, 0.25) is 0 Å². The second-order valence-corrected chi connectivity index (χ2v) is 4.86. The smallest absolute Gasteiger partial charge is 0.174 e. The predicted molar refractivity (Wildman–Crippen MR) is 77.4 cm³/mol. The number of ketones is 2. The van der Waals surface area contributed by atoms with Gasteiger partial charge in [0.15, 0.2) is 11.6 Å². The van der Waals surface area contributed by atoms with E-state index in [1.807, 2.05) is 19.1 Å². The highest BCUT2D eigenvalue weighted by Gasteiger charge is 2.17. The minimum atomic E-state index is -0.246. The molecule has 5 heteroatoms. The van der Waals surface area contributed by atoms with Gasteiger partial charge in [-0.1, -0.05) is 23.8 Å². The van der Waals surface area contributed by atoms with Crippen LogP contribution in [-0.2, 0) is 0 Å². The number of carbonyl (C=O) groups is 2. The molecule has 0 aliphatic rings. The maximum atomic E-state index is 12.3. The Morgan fingerprint density at radius 1 is 1.19 bits per heavy atom. The van der Waals surface area contributed by atoms with Gasteiger partial charge >= 0.3 is 0 Å². The number of hydrogen-bond donors (Lipinski definition) is 0. The SMILES string of the molecule is Cc1cccc(C(=O)CC(=O)c2cnn3ccncc23)c1. The molecule has 0 amide bonds. The van der Waals surface area contributed by atoms with Crippen LogP contribution in [0.5, 0.6) is 0 Å². The van der Waals surface area contributed by atoms with Gasteiger partial charge in [-0.05, 0) is 13.0 Å². The van der Waals surface area contributed by atoms with E-state index in [0.717, 1.165) is 5.56 Å². The van der Waals surface area contributed by atoms with Gasteiger partial charge in [-0.15, -0.1) is 0 Å². The van der Waals surface area contributed by atoms with E-state index in [9.17, 15) is 9.59 Å². The molecule has 0 radical (unpaired) electrons. The third-order valence-electron chi connectivity index (χ3n) is 3.29. The molecule has 2 heterocycles. The molecule has 21 heavy (non-hydrogen) atoms. The Morgan fingerprint density at radius 2 is 2.05 bits per heavy atom. The van der Waals surface area contributed by atoms with Crippen molar-refractivity contribution in [3.8, 4) is 0 Å². The zero-order valence-electron chi connectivity index (χ0n) is 11.5. The van der Waals surface area contributed by atoms with Crippen LogP contribution < -0.4 is 0 Å². The van der Waals surface area contributed by atoms with Crippen molar-refractivity contribution in [2.24, 2.45) is 0 Å². The monoisotopic (exact) mass is 279 g/mol. The zero-order valence-corrected chi connectivity index (χ0v) is 11.5. The highest BCUT2D eigenvalue weighted by Crippen LogP contribution is 2.14. The van der Waals surface area contributed by atoms with Gasteiger partial charge < -0.3 is 0 Å². The van der Waals surface area contributed by atoms with Crippen LogP contribution >= 0.6 is 0 Å². The van der Waals surface area contributed by atoms with Crippen molar-refractivity contribution in [2.75, 3.05) is 0 Å². The Kier molecular flexibility index (Phi) is 3.31. The number of benzene rings is 1. The van der Waals surface area contributed by atoms with E-state index in [1.54, 1.807) is 35.2 Å². The average Bonchev–Trinajstić information content (AvgIpc) is 2.91. The van der Waals surface area contributed by atoms with Gasteiger partial charge in [-0.3, -0.25) is 14.6 Å². The molecule has 0 N–H and O–H groups in total. The number of fused-ring (bicyclic) bond motifs is 1. The molecule has 5 nitrogen and oxygen atoms in total. The Hall–Kier alpha value is -2.82. The number of rotatable bonds is 4. The van der Waals surface area contributed by atoms with E-state index in [-0.39, 0.29) is 18.0 Å². The van der Waals surface area contributed by atoms with Crippen LogP contribution in [0.2, 0.25) is 0 Å². The van der Waals surface area contributed by atoms with E-state index < -0.39 is 0 Å². The minimum absolute atomic E-state index is 0.167. The number of Topliss-reactive ketones (excluding diaryl/α,β-unsaturated/α-hetero) is 2. The standard InChI is InChI=1S/C16H13N3O2/c1-11-3-2-4-12(7-11)15(20)8-16(21)13-9-18-19-6-5-17-10-14(13)19/h2-7,9-10H,8H2,1H3. The maximum absolute atomic E-state index is 12.3. The number of hydrogen-bond acceptors (Lipinski definition) is 4. The van der Waals surface area contributed by atoms with Gasteiger partial charge in [0, 0.05) is 18.0 Å². The summed E-state index contributed by atoms with van der Waals surface area (Å²) in [5.41, 5.74) is 2.58.